The predicted octanol–water partition coefficient (Wildman–Crippen LogP) is 0.713. The Morgan fingerprint density at radius 3 is 2.81 bits per heavy atom. The molecule has 4 atom stereocenters. The number of ether oxygens (including phenoxy) is 1. The number of likely N-dealkylation sites (tertiary alicyclic amines) is 1. The summed E-state index contributed by atoms with van der Waals surface area (Å²) in [7, 11) is 1.56. The fraction of sp³-hybridized carbons (Fsp3) is 0.867. The normalized spacial score (nSPS) is 31.1. The monoisotopic (exact) mass is 298 g/mol. The summed E-state index contributed by atoms with van der Waals surface area (Å²) in [6, 6.07) is -0.737. The molecule has 21 heavy (non-hydrogen) atoms. The summed E-state index contributed by atoms with van der Waals surface area (Å²) in [6.07, 6.45) is 2.94. The lowest BCUT2D eigenvalue weighted by atomic mass is 9.85. The summed E-state index contributed by atoms with van der Waals surface area (Å²) >= 11 is 0. The molecule has 0 aromatic rings. The number of hydrogen-bond donors (Lipinski definition) is 2. The molecule has 0 aromatic heterocycles. The lowest BCUT2D eigenvalue weighted by molar-refractivity contribution is -0.148. The third-order valence-electron chi connectivity index (χ3n) is 4.84. The Bertz CT molecular complexity index is 382. The lowest BCUT2D eigenvalue weighted by Gasteiger charge is -2.30. The van der Waals surface area contributed by atoms with Gasteiger partial charge < -0.3 is 20.1 Å². The van der Waals surface area contributed by atoms with Gasteiger partial charge in [0.1, 0.15) is 6.04 Å². The van der Waals surface area contributed by atoms with Crippen molar-refractivity contribution in [1.82, 2.24) is 10.2 Å². The van der Waals surface area contributed by atoms with Crippen LogP contribution in [-0.2, 0) is 14.3 Å². The molecule has 0 saturated carbocycles. The van der Waals surface area contributed by atoms with Gasteiger partial charge in [-0.25, -0.2) is 4.79 Å². The fourth-order valence-corrected chi connectivity index (χ4v) is 3.40. The van der Waals surface area contributed by atoms with Crippen molar-refractivity contribution in [3.8, 4) is 0 Å². The first-order valence-electron chi connectivity index (χ1n) is 7.78. The molecule has 2 rings (SSSR count). The number of rotatable bonds is 5. The van der Waals surface area contributed by atoms with Gasteiger partial charge in [-0.3, -0.25) is 4.79 Å². The van der Waals surface area contributed by atoms with Crippen molar-refractivity contribution in [2.75, 3.05) is 26.7 Å². The van der Waals surface area contributed by atoms with E-state index in [4.69, 9.17) is 4.74 Å². The molecule has 0 aromatic carbocycles. The number of carbonyl (C=O) groups excluding carboxylic acids is 1. The number of nitrogens with one attached hydrogen (secondary N) is 1. The van der Waals surface area contributed by atoms with Crippen LogP contribution in [0.4, 0.5) is 0 Å². The highest BCUT2D eigenvalue weighted by molar-refractivity contribution is 5.84. The third kappa shape index (κ3) is 3.95. The Balaban J connectivity index is 1.93. The molecule has 2 aliphatic rings. The maximum Gasteiger partial charge on any atom is 0.326 e. The van der Waals surface area contributed by atoms with Gasteiger partial charge >= 0.3 is 5.97 Å². The number of methoxy groups -OCH3 is 1. The van der Waals surface area contributed by atoms with Crippen molar-refractivity contribution in [1.29, 1.82) is 0 Å². The summed E-state index contributed by atoms with van der Waals surface area (Å²) in [4.78, 5) is 25.3. The third-order valence-corrected chi connectivity index (χ3v) is 4.84. The van der Waals surface area contributed by atoms with E-state index in [0.29, 0.717) is 25.3 Å². The van der Waals surface area contributed by atoms with E-state index < -0.39 is 12.0 Å². The maximum atomic E-state index is 12.5. The van der Waals surface area contributed by atoms with E-state index in [1.807, 2.05) is 0 Å². The minimum atomic E-state index is -0.935. The van der Waals surface area contributed by atoms with Gasteiger partial charge in [-0.2, -0.15) is 0 Å². The quantitative estimate of drug-likeness (QED) is 0.781. The van der Waals surface area contributed by atoms with E-state index in [2.05, 4.69) is 12.2 Å². The highest BCUT2D eigenvalue weighted by Gasteiger charge is 2.40. The number of carboxylic acid groups (broad SMARTS) is 1. The number of carboxylic acids is 1. The molecule has 6 heteroatoms. The standard InChI is InChI=1S/C15H26N2O4/c1-10(11-4-3-5-16-8-11)6-14(18)17-9-12(21-2)7-13(17)15(19)20/h10-13,16H,3-9H2,1-2H3,(H,19,20). The first-order valence-corrected chi connectivity index (χ1v) is 7.78. The second-order valence-electron chi connectivity index (χ2n) is 6.28. The number of carbonyl (C=O) groups is 2. The van der Waals surface area contributed by atoms with E-state index in [-0.39, 0.29) is 17.9 Å². The van der Waals surface area contributed by atoms with Crippen molar-refractivity contribution in [2.45, 2.75) is 44.8 Å². The van der Waals surface area contributed by atoms with Crippen LogP contribution < -0.4 is 5.32 Å². The zero-order valence-electron chi connectivity index (χ0n) is 12.9. The van der Waals surface area contributed by atoms with Crippen LogP contribution in [0.15, 0.2) is 0 Å². The topological polar surface area (TPSA) is 78.9 Å². The van der Waals surface area contributed by atoms with Crippen LogP contribution in [0.1, 0.15) is 32.6 Å². The van der Waals surface area contributed by atoms with Crippen LogP contribution in [0.5, 0.6) is 0 Å². The maximum absolute atomic E-state index is 12.5. The van der Waals surface area contributed by atoms with E-state index >= 15 is 0 Å². The molecule has 120 valence electrons. The van der Waals surface area contributed by atoms with Crippen LogP contribution in [0.2, 0.25) is 0 Å². The van der Waals surface area contributed by atoms with E-state index in [0.717, 1.165) is 25.9 Å². The molecule has 1 amide bonds. The summed E-state index contributed by atoms with van der Waals surface area (Å²) in [5.41, 5.74) is 0. The van der Waals surface area contributed by atoms with Crippen LogP contribution in [0, 0.1) is 11.8 Å². The van der Waals surface area contributed by atoms with Gasteiger partial charge in [0.05, 0.1) is 6.10 Å². The summed E-state index contributed by atoms with van der Waals surface area (Å²) in [5.74, 6) is -0.206. The number of aliphatic carboxylic acids is 1. The van der Waals surface area contributed by atoms with Gasteiger partial charge in [-0.05, 0) is 37.8 Å². The van der Waals surface area contributed by atoms with Crippen molar-refractivity contribution in [2.24, 2.45) is 11.8 Å². The summed E-state index contributed by atoms with van der Waals surface area (Å²) in [5, 5.41) is 12.6. The smallest absolute Gasteiger partial charge is 0.326 e. The van der Waals surface area contributed by atoms with Crippen LogP contribution in [-0.4, -0.2) is 60.8 Å². The molecule has 6 nitrogen and oxygen atoms in total. The van der Waals surface area contributed by atoms with Gasteiger partial charge in [-0.1, -0.05) is 6.92 Å². The summed E-state index contributed by atoms with van der Waals surface area (Å²) < 4.78 is 5.23. The highest BCUT2D eigenvalue weighted by Crippen LogP contribution is 2.26. The second kappa shape index (κ2) is 7.22. The van der Waals surface area contributed by atoms with Gasteiger partial charge in [0, 0.05) is 26.5 Å². The van der Waals surface area contributed by atoms with E-state index in [1.54, 1.807) is 7.11 Å². The van der Waals surface area contributed by atoms with Crippen molar-refractivity contribution >= 4 is 11.9 Å². The molecule has 2 saturated heterocycles. The minimum Gasteiger partial charge on any atom is -0.480 e. The summed E-state index contributed by atoms with van der Waals surface area (Å²) in [6.45, 7) is 4.49. The average molecular weight is 298 g/mol. The highest BCUT2D eigenvalue weighted by atomic mass is 16.5. The molecule has 0 spiro atoms. The number of amides is 1. The van der Waals surface area contributed by atoms with Crippen LogP contribution in [0.25, 0.3) is 0 Å². The predicted molar refractivity (Wildman–Crippen MR) is 77.9 cm³/mol. The van der Waals surface area contributed by atoms with Crippen LogP contribution in [0.3, 0.4) is 0 Å². The van der Waals surface area contributed by atoms with Crippen molar-refractivity contribution < 1.29 is 19.4 Å². The largest absolute Gasteiger partial charge is 0.480 e. The lowest BCUT2D eigenvalue weighted by Crippen LogP contribution is -2.42. The molecule has 2 aliphatic heterocycles. The average Bonchev–Trinajstić information content (AvgIpc) is 2.92. The van der Waals surface area contributed by atoms with E-state index in [1.165, 1.54) is 4.90 Å². The molecule has 0 aliphatic carbocycles. The molecule has 4 unspecified atom stereocenters. The number of nitrogens with zero attached hydrogens (tertiary/aromatic N) is 1. The zero-order valence-corrected chi connectivity index (χ0v) is 12.9. The number of piperidine rings is 1. The van der Waals surface area contributed by atoms with Gasteiger partial charge in [0.25, 0.3) is 0 Å². The molecule has 0 bridgehead atoms. The Labute approximate surface area is 125 Å². The van der Waals surface area contributed by atoms with Crippen LogP contribution >= 0.6 is 0 Å². The minimum absolute atomic E-state index is 0.0555. The molecule has 2 fully saturated rings. The first kappa shape index (κ1) is 16.2. The second-order valence-corrected chi connectivity index (χ2v) is 6.28. The molecular weight excluding hydrogens is 272 g/mol. The Hall–Kier alpha value is -1.14. The van der Waals surface area contributed by atoms with Gasteiger partial charge in [-0.15, -0.1) is 0 Å². The van der Waals surface area contributed by atoms with Crippen molar-refractivity contribution in [3.05, 3.63) is 0 Å². The van der Waals surface area contributed by atoms with Gasteiger partial charge in [0.15, 0.2) is 0 Å². The van der Waals surface area contributed by atoms with Gasteiger partial charge in [0.2, 0.25) is 5.91 Å². The SMILES string of the molecule is COC1CC(C(=O)O)N(C(=O)CC(C)C2CCCNC2)C1. The first-order chi connectivity index (χ1) is 10.0. The molecule has 0 radical (unpaired) electrons. The molecule has 2 heterocycles. The van der Waals surface area contributed by atoms with E-state index in [9.17, 15) is 14.7 Å². The number of hydrogen-bond acceptors (Lipinski definition) is 4. The Morgan fingerprint density at radius 1 is 1.48 bits per heavy atom. The van der Waals surface area contributed by atoms with Crippen molar-refractivity contribution in [3.63, 3.8) is 0 Å². The molecular formula is C15H26N2O4. The fourth-order valence-electron chi connectivity index (χ4n) is 3.40. The molecule has 2 N–H and O–H groups in total. The Kier molecular flexibility index (Phi) is 5.58. The zero-order chi connectivity index (χ0) is 15.4. The Morgan fingerprint density at radius 2 is 2.24 bits per heavy atom.